The second kappa shape index (κ2) is 11.1. The van der Waals surface area contributed by atoms with E-state index >= 15 is 0 Å². The third-order valence-electron chi connectivity index (χ3n) is 6.51. The lowest BCUT2D eigenvalue weighted by Gasteiger charge is -2.23. The van der Waals surface area contributed by atoms with Crippen LogP contribution in [0.3, 0.4) is 0 Å². The molecule has 34 heavy (non-hydrogen) atoms. The lowest BCUT2D eigenvalue weighted by atomic mass is 9.94. The molecule has 1 aliphatic carbocycles. The number of nitroso groups, excluding NO2 is 1. The fourth-order valence-electron chi connectivity index (χ4n) is 4.71. The van der Waals surface area contributed by atoms with Crippen molar-refractivity contribution in [1.82, 2.24) is 4.90 Å². The minimum absolute atomic E-state index is 0.0404. The topological polar surface area (TPSA) is 94.5 Å². The van der Waals surface area contributed by atoms with E-state index in [1.807, 2.05) is 42.5 Å². The summed E-state index contributed by atoms with van der Waals surface area (Å²) in [5, 5.41) is 3.06. The molecule has 1 saturated heterocycles. The smallest absolute Gasteiger partial charge is 0.416 e. The molecule has 4 rings (SSSR count). The Morgan fingerprint density at radius 3 is 2.62 bits per heavy atom. The SMILES string of the molecule is COc1ccc([C@H](CN=O)CC(=O)N2C(=O)OC[C@H]2Cc2ccccc2)cc1OC1CCCC1. The summed E-state index contributed by atoms with van der Waals surface area (Å²) in [4.78, 5) is 38.0. The largest absolute Gasteiger partial charge is 0.493 e. The molecule has 0 bridgehead atoms. The first-order chi connectivity index (χ1) is 16.6. The van der Waals surface area contributed by atoms with Gasteiger partial charge in [-0.25, -0.2) is 9.69 Å². The molecule has 1 heterocycles. The summed E-state index contributed by atoms with van der Waals surface area (Å²) in [5.41, 5.74) is 1.76. The maximum Gasteiger partial charge on any atom is 0.416 e. The van der Waals surface area contributed by atoms with Gasteiger partial charge < -0.3 is 14.2 Å². The molecule has 2 aromatic rings. The quantitative estimate of drug-likeness (QED) is 0.465. The Balaban J connectivity index is 1.51. The zero-order valence-electron chi connectivity index (χ0n) is 19.4. The molecule has 2 atom stereocenters. The molecule has 2 amide bonds. The fraction of sp³-hybridized carbons (Fsp3) is 0.462. The highest BCUT2D eigenvalue weighted by Gasteiger charge is 2.38. The van der Waals surface area contributed by atoms with Gasteiger partial charge in [0.05, 0.1) is 25.8 Å². The zero-order chi connectivity index (χ0) is 23.9. The second-order valence-electron chi connectivity index (χ2n) is 8.83. The van der Waals surface area contributed by atoms with E-state index in [-0.39, 0.29) is 37.6 Å². The third kappa shape index (κ3) is 5.55. The number of carbonyl (C=O) groups excluding carboxylic acids is 2. The van der Waals surface area contributed by atoms with Crippen molar-refractivity contribution in [3.05, 3.63) is 64.6 Å². The molecular formula is C26H30N2O6. The van der Waals surface area contributed by atoms with Gasteiger partial charge >= 0.3 is 6.09 Å². The number of benzene rings is 2. The minimum Gasteiger partial charge on any atom is -0.493 e. The van der Waals surface area contributed by atoms with Gasteiger partial charge in [-0.05, 0) is 55.4 Å². The van der Waals surface area contributed by atoms with Crippen molar-refractivity contribution in [2.75, 3.05) is 20.3 Å². The highest BCUT2D eigenvalue weighted by atomic mass is 16.6. The lowest BCUT2D eigenvalue weighted by Crippen LogP contribution is -2.41. The molecule has 8 nitrogen and oxygen atoms in total. The molecule has 2 aliphatic rings. The van der Waals surface area contributed by atoms with Crippen molar-refractivity contribution in [3.63, 3.8) is 0 Å². The zero-order valence-corrected chi connectivity index (χ0v) is 19.4. The molecule has 0 spiro atoms. The van der Waals surface area contributed by atoms with E-state index in [9.17, 15) is 14.5 Å². The summed E-state index contributed by atoms with van der Waals surface area (Å²) < 4.78 is 16.8. The minimum atomic E-state index is -0.649. The summed E-state index contributed by atoms with van der Waals surface area (Å²) in [6.07, 6.45) is 4.20. The van der Waals surface area contributed by atoms with E-state index < -0.39 is 12.0 Å². The molecular weight excluding hydrogens is 436 g/mol. The maximum absolute atomic E-state index is 13.2. The Hall–Kier alpha value is -3.42. The van der Waals surface area contributed by atoms with Crippen molar-refractivity contribution in [2.45, 2.75) is 56.6 Å². The van der Waals surface area contributed by atoms with Crippen LogP contribution in [0.15, 0.2) is 53.7 Å². The van der Waals surface area contributed by atoms with Crippen LogP contribution in [0.2, 0.25) is 0 Å². The monoisotopic (exact) mass is 466 g/mol. The first kappa shape index (κ1) is 23.7. The number of hydrogen-bond acceptors (Lipinski definition) is 7. The van der Waals surface area contributed by atoms with Crippen LogP contribution >= 0.6 is 0 Å². The normalized spacial score (nSPS) is 19.0. The molecule has 0 N–H and O–H groups in total. The predicted molar refractivity (Wildman–Crippen MR) is 126 cm³/mol. The van der Waals surface area contributed by atoms with Gasteiger partial charge in [0, 0.05) is 12.3 Å². The lowest BCUT2D eigenvalue weighted by molar-refractivity contribution is -0.129. The molecule has 0 radical (unpaired) electrons. The predicted octanol–water partition coefficient (Wildman–Crippen LogP) is 4.85. The number of rotatable bonds is 10. The molecule has 1 aliphatic heterocycles. The molecule has 0 aromatic heterocycles. The summed E-state index contributed by atoms with van der Waals surface area (Å²) in [7, 11) is 1.58. The van der Waals surface area contributed by atoms with Gasteiger partial charge in [0.25, 0.3) is 0 Å². The van der Waals surface area contributed by atoms with E-state index in [4.69, 9.17) is 14.2 Å². The number of nitrogens with zero attached hydrogens (tertiary/aromatic N) is 2. The first-order valence-electron chi connectivity index (χ1n) is 11.8. The number of hydrogen-bond donors (Lipinski definition) is 0. The van der Waals surface area contributed by atoms with Crippen LogP contribution in [-0.2, 0) is 16.0 Å². The molecule has 0 unspecified atom stereocenters. The van der Waals surface area contributed by atoms with E-state index in [2.05, 4.69) is 5.18 Å². The second-order valence-corrected chi connectivity index (χ2v) is 8.83. The summed E-state index contributed by atoms with van der Waals surface area (Å²) in [5.74, 6) is 0.322. The van der Waals surface area contributed by atoms with Crippen LogP contribution in [-0.4, -0.2) is 49.3 Å². The first-order valence-corrected chi connectivity index (χ1v) is 11.8. The van der Waals surface area contributed by atoms with Crippen molar-refractivity contribution in [1.29, 1.82) is 0 Å². The Morgan fingerprint density at radius 2 is 1.91 bits per heavy atom. The molecule has 2 fully saturated rings. The Bertz CT molecular complexity index is 1010. The van der Waals surface area contributed by atoms with Gasteiger partial charge in [-0.2, -0.15) is 4.91 Å². The highest BCUT2D eigenvalue weighted by molar-refractivity contribution is 5.94. The van der Waals surface area contributed by atoms with Gasteiger partial charge in [0.1, 0.15) is 6.61 Å². The number of imide groups is 1. The van der Waals surface area contributed by atoms with Crippen LogP contribution in [0.25, 0.3) is 0 Å². The van der Waals surface area contributed by atoms with Crippen molar-refractivity contribution in [3.8, 4) is 11.5 Å². The number of ether oxygens (including phenoxy) is 3. The van der Waals surface area contributed by atoms with Gasteiger partial charge in [-0.15, -0.1) is 0 Å². The van der Waals surface area contributed by atoms with Crippen LogP contribution in [0.5, 0.6) is 11.5 Å². The van der Waals surface area contributed by atoms with Gasteiger partial charge in [0.2, 0.25) is 5.91 Å². The summed E-state index contributed by atoms with van der Waals surface area (Å²) in [6, 6.07) is 14.7. The molecule has 180 valence electrons. The molecule has 8 heteroatoms. The number of cyclic esters (lactones) is 1. The van der Waals surface area contributed by atoms with E-state index in [0.717, 1.165) is 36.8 Å². The molecule has 1 saturated carbocycles. The van der Waals surface area contributed by atoms with Gasteiger partial charge in [-0.1, -0.05) is 41.6 Å². The summed E-state index contributed by atoms with van der Waals surface area (Å²) >= 11 is 0. The van der Waals surface area contributed by atoms with Gasteiger partial charge in [-0.3, -0.25) is 4.79 Å². The summed E-state index contributed by atoms with van der Waals surface area (Å²) in [6.45, 7) is 0.0607. The van der Waals surface area contributed by atoms with E-state index in [1.54, 1.807) is 13.2 Å². The number of methoxy groups -OCH3 is 1. The fourth-order valence-corrected chi connectivity index (χ4v) is 4.71. The van der Waals surface area contributed by atoms with E-state index in [0.29, 0.717) is 17.9 Å². The maximum atomic E-state index is 13.2. The highest BCUT2D eigenvalue weighted by Crippen LogP contribution is 2.35. The average molecular weight is 467 g/mol. The van der Waals surface area contributed by atoms with Crippen LogP contribution < -0.4 is 9.47 Å². The van der Waals surface area contributed by atoms with Gasteiger partial charge in [0.15, 0.2) is 11.5 Å². The average Bonchev–Trinajstić information content (AvgIpc) is 3.49. The number of carbonyl (C=O) groups is 2. The van der Waals surface area contributed by atoms with Crippen molar-refractivity contribution in [2.24, 2.45) is 5.18 Å². The van der Waals surface area contributed by atoms with E-state index in [1.165, 1.54) is 4.90 Å². The Labute approximate surface area is 199 Å². The van der Waals surface area contributed by atoms with Crippen LogP contribution in [0.4, 0.5) is 4.79 Å². The standard InChI is InChI=1S/C26H30N2O6/c1-32-23-12-11-19(14-24(23)34-22-9-5-6-10-22)20(16-27-31)15-25(29)28-21(17-33-26(28)30)13-18-7-3-2-4-8-18/h2-4,7-8,11-12,14,20-22H,5-6,9-10,13,15-17H2,1H3/t20-,21+/m0/s1. The van der Waals surface area contributed by atoms with Crippen molar-refractivity contribution >= 4 is 12.0 Å². The molecule has 2 aromatic carbocycles. The third-order valence-corrected chi connectivity index (χ3v) is 6.51. The Morgan fingerprint density at radius 1 is 1.15 bits per heavy atom. The van der Waals surface area contributed by atoms with Crippen molar-refractivity contribution < 1.29 is 23.8 Å². The Kier molecular flexibility index (Phi) is 7.77. The van der Waals surface area contributed by atoms with Crippen LogP contribution in [0, 0.1) is 4.91 Å². The van der Waals surface area contributed by atoms with Crippen LogP contribution in [0.1, 0.15) is 49.1 Å². The number of amides is 2.